The molecule has 2 N–H and O–H groups in total. The highest BCUT2D eigenvalue weighted by Crippen LogP contribution is 2.25. The Morgan fingerprint density at radius 1 is 0.968 bits per heavy atom. The number of carbonyl (C=O) groups is 2. The van der Waals surface area contributed by atoms with Gasteiger partial charge in [0.2, 0.25) is 0 Å². The molecule has 0 spiro atoms. The Morgan fingerprint density at radius 3 is 2.42 bits per heavy atom. The van der Waals surface area contributed by atoms with Gasteiger partial charge < -0.3 is 15.4 Å². The predicted molar refractivity (Wildman–Crippen MR) is 116 cm³/mol. The average molecular weight is 417 g/mol. The molecule has 3 aromatic rings. The molecule has 3 aromatic carbocycles. The summed E-state index contributed by atoms with van der Waals surface area (Å²) in [5, 5.41) is 5.38. The van der Waals surface area contributed by atoms with E-state index in [0.29, 0.717) is 17.0 Å². The Kier molecular flexibility index (Phi) is 6.03. The minimum absolute atomic E-state index is 0.0919. The predicted octanol–water partition coefficient (Wildman–Crippen LogP) is 3.91. The van der Waals surface area contributed by atoms with Crippen LogP contribution in [0.2, 0.25) is 0 Å². The minimum Gasteiger partial charge on any atom is -0.445 e. The molecule has 0 aromatic heterocycles. The third-order valence-electron chi connectivity index (χ3n) is 4.81. The number of hydrogen-bond acceptors (Lipinski definition) is 4. The van der Waals surface area contributed by atoms with Crippen LogP contribution in [0.15, 0.2) is 83.9 Å². The normalized spacial score (nSPS) is 15.2. The van der Waals surface area contributed by atoms with E-state index in [2.05, 4.69) is 15.6 Å². The second kappa shape index (κ2) is 9.21. The number of benzene rings is 3. The third-order valence-corrected chi connectivity index (χ3v) is 4.81. The molecule has 1 aliphatic heterocycles. The van der Waals surface area contributed by atoms with E-state index in [1.165, 1.54) is 6.07 Å². The number of nitrogens with one attached hydrogen (secondary N) is 2. The lowest BCUT2D eigenvalue weighted by Crippen LogP contribution is -2.38. The van der Waals surface area contributed by atoms with Gasteiger partial charge in [-0.25, -0.2) is 9.18 Å². The zero-order chi connectivity index (χ0) is 21.6. The number of ether oxygens (including phenoxy) is 1. The molecule has 6 nitrogen and oxygen atoms in total. The van der Waals surface area contributed by atoms with Crippen molar-refractivity contribution in [3.8, 4) is 0 Å². The van der Waals surface area contributed by atoms with Crippen molar-refractivity contribution in [1.82, 2.24) is 5.32 Å². The summed E-state index contributed by atoms with van der Waals surface area (Å²) in [6.07, 6.45) is -0.666. The molecule has 31 heavy (non-hydrogen) atoms. The quantitative estimate of drug-likeness (QED) is 0.661. The van der Waals surface area contributed by atoms with Gasteiger partial charge in [0.25, 0.3) is 5.91 Å². The molecule has 1 aliphatic rings. The fraction of sp³-hybridized carbons (Fsp3) is 0.125. The van der Waals surface area contributed by atoms with Gasteiger partial charge in [-0.15, -0.1) is 0 Å². The highest BCUT2D eigenvalue weighted by molar-refractivity contribution is 6.19. The van der Waals surface area contributed by atoms with Crippen LogP contribution in [0.5, 0.6) is 0 Å². The van der Waals surface area contributed by atoms with Crippen LogP contribution < -0.4 is 10.6 Å². The number of carbonyl (C=O) groups excluding carboxylic acids is 2. The average Bonchev–Trinajstić information content (AvgIpc) is 2.93. The second-order valence-corrected chi connectivity index (χ2v) is 6.95. The van der Waals surface area contributed by atoms with Crippen LogP contribution in [0.3, 0.4) is 0 Å². The number of aliphatic imine (C=N–C) groups is 1. The van der Waals surface area contributed by atoms with Crippen molar-refractivity contribution in [2.24, 2.45) is 4.99 Å². The van der Waals surface area contributed by atoms with Crippen LogP contribution in [0, 0.1) is 5.82 Å². The second-order valence-electron chi connectivity index (χ2n) is 6.95. The Balaban J connectivity index is 1.53. The summed E-state index contributed by atoms with van der Waals surface area (Å²) in [6, 6.07) is 21.6. The first-order valence-electron chi connectivity index (χ1n) is 9.79. The highest BCUT2D eigenvalue weighted by Gasteiger charge is 2.27. The van der Waals surface area contributed by atoms with Gasteiger partial charge in [0, 0.05) is 11.1 Å². The molecule has 0 saturated heterocycles. The Morgan fingerprint density at radius 2 is 1.65 bits per heavy atom. The lowest BCUT2D eigenvalue weighted by Gasteiger charge is -2.13. The van der Waals surface area contributed by atoms with Gasteiger partial charge >= 0.3 is 6.09 Å². The summed E-state index contributed by atoms with van der Waals surface area (Å²) in [5.74, 6) is -0.846. The Bertz CT molecular complexity index is 1130. The van der Waals surface area contributed by atoms with Crippen molar-refractivity contribution in [2.45, 2.75) is 12.6 Å². The molecule has 4 rings (SSSR count). The molecule has 2 amide bonds. The van der Waals surface area contributed by atoms with E-state index in [-0.39, 0.29) is 18.7 Å². The number of halogens is 1. The van der Waals surface area contributed by atoms with Crippen LogP contribution in [-0.2, 0) is 16.1 Å². The first kappa shape index (κ1) is 20.3. The van der Waals surface area contributed by atoms with Crippen molar-refractivity contribution >= 4 is 23.4 Å². The van der Waals surface area contributed by atoms with Crippen molar-refractivity contribution in [2.75, 3.05) is 11.9 Å². The molecule has 1 heterocycles. The van der Waals surface area contributed by atoms with Crippen molar-refractivity contribution in [3.63, 3.8) is 0 Å². The SMILES string of the molecule is O=C(NC[C@@H]1N=C(c2ccccc2F)c2ccccc2NC1=O)OCc1ccccc1. The summed E-state index contributed by atoms with van der Waals surface area (Å²) >= 11 is 0. The van der Waals surface area contributed by atoms with Gasteiger partial charge in [0.1, 0.15) is 18.5 Å². The van der Waals surface area contributed by atoms with Gasteiger partial charge in [-0.2, -0.15) is 0 Å². The van der Waals surface area contributed by atoms with Crippen molar-refractivity contribution in [3.05, 3.63) is 101 Å². The molecule has 1 atom stereocenters. The Labute approximate surface area is 178 Å². The molecular formula is C24H20FN3O3. The van der Waals surface area contributed by atoms with E-state index in [0.717, 1.165) is 5.56 Å². The summed E-state index contributed by atoms with van der Waals surface area (Å²) in [4.78, 5) is 29.3. The fourth-order valence-corrected chi connectivity index (χ4v) is 3.26. The number of alkyl carbamates (subject to hydrolysis) is 1. The van der Waals surface area contributed by atoms with E-state index >= 15 is 0 Å². The lowest BCUT2D eigenvalue weighted by atomic mass is 10.00. The van der Waals surface area contributed by atoms with E-state index < -0.39 is 23.9 Å². The van der Waals surface area contributed by atoms with Crippen LogP contribution >= 0.6 is 0 Å². The van der Waals surface area contributed by atoms with Crippen LogP contribution in [-0.4, -0.2) is 30.3 Å². The fourth-order valence-electron chi connectivity index (χ4n) is 3.26. The van der Waals surface area contributed by atoms with Crippen molar-refractivity contribution < 1.29 is 18.7 Å². The maximum atomic E-state index is 14.5. The van der Waals surface area contributed by atoms with Gasteiger partial charge in [0.05, 0.1) is 17.9 Å². The van der Waals surface area contributed by atoms with Crippen LogP contribution in [0.25, 0.3) is 0 Å². The number of anilines is 1. The zero-order valence-electron chi connectivity index (χ0n) is 16.5. The summed E-state index contributed by atoms with van der Waals surface area (Å²) in [7, 11) is 0. The monoisotopic (exact) mass is 417 g/mol. The number of fused-ring (bicyclic) bond motifs is 1. The minimum atomic E-state index is -0.953. The summed E-state index contributed by atoms with van der Waals surface area (Å²) in [6.45, 7) is 0.0180. The number of nitrogens with zero attached hydrogens (tertiary/aromatic N) is 1. The summed E-state index contributed by atoms with van der Waals surface area (Å²) < 4.78 is 19.7. The lowest BCUT2D eigenvalue weighted by molar-refractivity contribution is -0.117. The molecule has 7 heteroatoms. The van der Waals surface area contributed by atoms with Crippen molar-refractivity contribution in [1.29, 1.82) is 0 Å². The molecule has 156 valence electrons. The number of para-hydroxylation sites is 1. The molecule has 0 unspecified atom stereocenters. The maximum absolute atomic E-state index is 14.5. The number of hydrogen-bond donors (Lipinski definition) is 2. The van der Waals surface area contributed by atoms with Crippen LogP contribution in [0.1, 0.15) is 16.7 Å². The first-order valence-corrected chi connectivity index (χ1v) is 9.79. The molecule has 0 bridgehead atoms. The van der Waals surface area contributed by atoms with Crippen LogP contribution in [0.4, 0.5) is 14.9 Å². The zero-order valence-corrected chi connectivity index (χ0v) is 16.5. The van der Waals surface area contributed by atoms with E-state index in [9.17, 15) is 14.0 Å². The molecular weight excluding hydrogens is 397 g/mol. The van der Waals surface area contributed by atoms with E-state index in [1.54, 1.807) is 42.5 Å². The number of benzodiazepines with no additional fused rings is 1. The highest BCUT2D eigenvalue weighted by atomic mass is 19.1. The van der Waals surface area contributed by atoms with Gasteiger partial charge in [0.15, 0.2) is 0 Å². The number of rotatable bonds is 5. The number of amides is 2. The third kappa shape index (κ3) is 4.78. The first-order chi connectivity index (χ1) is 15.1. The van der Waals surface area contributed by atoms with Gasteiger partial charge in [-0.1, -0.05) is 60.7 Å². The maximum Gasteiger partial charge on any atom is 0.407 e. The Hall–Kier alpha value is -4.00. The topological polar surface area (TPSA) is 79.8 Å². The molecule has 0 radical (unpaired) electrons. The molecule has 0 saturated carbocycles. The largest absolute Gasteiger partial charge is 0.445 e. The van der Waals surface area contributed by atoms with Gasteiger partial charge in [-0.05, 0) is 23.8 Å². The molecule has 0 fully saturated rings. The van der Waals surface area contributed by atoms with E-state index in [4.69, 9.17) is 4.74 Å². The standard InChI is InChI=1S/C24H20FN3O3/c25-19-12-6-4-10-17(19)22-18-11-5-7-13-20(18)28-23(29)21(27-22)14-26-24(30)31-15-16-8-2-1-3-9-16/h1-13,21H,14-15H2,(H,26,30)(H,28,29)/t21-/m0/s1. The van der Waals surface area contributed by atoms with E-state index in [1.807, 2.05) is 30.3 Å². The molecule has 0 aliphatic carbocycles. The summed E-state index contributed by atoms with van der Waals surface area (Å²) in [5.41, 5.74) is 2.61. The smallest absolute Gasteiger partial charge is 0.407 e. The van der Waals surface area contributed by atoms with Gasteiger partial charge in [-0.3, -0.25) is 9.79 Å².